The van der Waals surface area contributed by atoms with Crippen LogP contribution in [0.4, 0.5) is 24.7 Å². The first-order chi connectivity index (χ1) is 12.5. The van der Waals surface area contributed by atoms with Crippen LogP contribution in [0.2, 0.25) is 0 Å². The Balaban J connectivity index is 1.76. The van der Waals surface area contributed by atoms with Gasteiger partial charge >= 0.3 is 0 Å². The molecule has 1 aliphatic rings. The lowest BCUT2D eigenvalue weighted by Crippen LogP contribution is -2.18. The van der Waals surface area contributed by atoms with Gasteiger partial charge in [0.2, 0.25) is 0 Å². The maximum atomic E-state index is 14.0. The SMILES string of the molecule is Fc1cc(F)c(Nc2nc(I)nc3c2ncn3C2CCCCO2)cc1F. The lowest BCUT2D eigenvalue weighted by atomic mass is 10.2. The van der Waals surface area contributed by atoms with Crippen LogP contribution in [0.1, 0.15) is 25.5 Å². The first-order valence-electron chi connectivity index (χ1n) is 7.96. The molecule has 1 unspecified atom stereocenters. The van der Waals surface area contributed by atoms with Gasteiger partial charge in [0, 0.05) is 41.3 Å². The van der Waals surface area contributed by atoms with E-state index in [1.807, 2.05) is 27.2 Å². The lowest BCUT2D eigenvalue weighted by Gasteiger charge is -2.23. The van der Waals surface area contributed by atoms with Crippen molar-refractivity contribution in [2.45, 2.75) is 25.5 Å². The summed E-state index contributed by atoms with van der Waals surface area (Å²) >= 11 is 1.93. The molecule has 1 aromatic carbocycles. The quantitative estimate of drug-likeness (QED) is 0.348. The summed E-state index contributed by atoms with van der Waals surface area (Å²) in [5, 5.41) is 2.69. The molecule has 4 rings (SSSR count). The van der Waals surface area contributed by atoms with Crippen LogP contribution in [0.15, 0.2) is 18.5 Å². The Kier molecular flexibility index (Phi) is 4.69. The van der Waals surface area contributed by atoms with Crippen LogP contribution in [0.5, 0.6) is 0 Å². The van der Waals surface area contributed by atoms with Crippen LogP contribution in [0.25, 0.3) is 11.2 Å². The third-order valence-corrected chi connectivity index (χ3v) is 4.61. The van der Waals surface area contributed by atoms with Crippen LogP contribution < -0.4 is 5.32 Å². The fourth-order valence-electron chi connectivity index (χ4n) is 2.88. The standard InChI is InChI=1S/C16H13F3IN5O/c17-8-5-10(19)11(6-9(8)18)22-14-13-15(24-16(20)23-14)25(7-21-13)12-3-1-2-4-26-12/h5-7,12H,1-4H2,(H,22,23,24). The average Bonchev–Trinajstić information content (AvgIpc) is 3.04. The Bertz CT molecular complexity index is 974. The fourth-order valence-corrected chi connectivity index (χ4v) is 3.35. The normalized spacial score (nSPS) is 17.6. The smallest absolute Gasteiger partial charge is 0.194 e. The van der Waals surface area contributed by atoms with Crippen molar-refractivity contribution in [2.24, 2.45) is 0 Å². The summed E-state index contributed by atoms with van der Waals surface area (Å²) in [5.74, 6) is -3.14. The molecule has 1 N–H and O–H groups in total. The minimum Gasteiger partial charge on any atom is -0.358 e. The largest absolute Gasteiger partial charge is 0.358 e. The van der Waals surface area contributed by atoms with E-state index < -0.39 is 17.5 Å². The van der Waals surface area contributed by atoms with E-state index in [4.69, 9.17) is 4.74 Å². The molecule has 1 fully saturated rings. The maximum Gasteiger partial charge on any atom is 0.194 e. The summed E-state index contributed by atoms with van der Waals surface area (Å²) in [7, 11) is 0. The molecule has 136 valence electrons. The molecule has 0 amide bonds. The minimum atomic E-state index is -1.26. The zero-order valence-electron chi connectivity index (χ0n) is 13.3. The minimum absolute atomic E-state index is 0.174. The molecule has 3 aromatic rings. The van der Waals surface area contributed by atoms with Crippen molar-refractivity contribution >= 4 is 45.3 Å². The van der Waals surface area contributed by atoms with Crippen LogP contribution in [0, 0.1) is 21.3 Å². The molecular weight excluding hydrogens is 462 g/mol. The lowest BCUT2D eigenvalue weighted by molar-refractivity contribution is -0.0298. The Hall–Kier alpha value is -1.95. The Morgan fingerprint density at radius 2 is 1.92 bits per heavy atom. The van der Waals surface area contributed by atoms with Crippen molar-refractivity contribution in [3.63, 3.8) is 0 Å². The molecule has 2 aromatic heterocycles. The van der Waals surface area contributed by atoms with Crippen molar-refractivity contribution < 1.29 is 17.9 Å². The van der Waals surface area contributed by atoms with E-state index >= 15 is 0 Å². The summed E-state index contributed by atoms with van der Waals surface area (Å²) in [6.45, 7) is 0.664. The Morgan fingerprint density at radius 1 is 1.12 bits per heavy atom. The topological polar surface area (TPSA) is 64.9 Å². The third-order valence-electron chi connectivity index (χ3n) is 4.12. The van der Waals surface area contributed by atoms with Crippen molar-refractivity contribution in [1.29, 1.82) is 0 Å². The number of aromatic nitrogens is 4. The summed E-state index contributed by atoms with van der Waals surface area (Å²) in [6, 6.07) is 1.22. The summed E-state index contributed by atoms with van der Waals surface area (Å²) in [5.41, 5.74) is 0.689. The zero-order valence-corrected chi connectivity index (χ0v) is 15.5. The second kappa shape index (κ2) is 6.99. The van der Waals surface area contributed by atoms with E-state index in [0.29, 0.717) is 27.7 Å². The first-order valence-corrected chi connectivity index (χ1v) is 9.04. The highest BCUT2D eigenvalue weighted by molar-refractivity contribution is 14.1. The number of fused-ring (bicyclic) bond motifs is 1. The van der Waals surface area contributed by atoms with E-state index in [0.717, 1.165) is 25.3 Å². The molecule has 3 heterocycles. The van der Waals surface area contributed by atoms with Gasteiger partial charge in [-0.3, -0.25) is 4.57 Å². The zero-order chi connectivity index (χ0) is 18.3. The van der Waals surface area contributed by atoms with Crippen LogP contribution in [-0.4, -0.2) is 26.1 Å². The van der Waals surface area contributed by atoms with Crippen LogP contribution in [-0.2, 0) is 4.74 Å². The predicted octanol–water partition coefficient (Wildman–Crippen LogP) is 4.29. The summed E-state index contributed by atoms with van der Waals surface area (Å²) in [6.07, 6.45) is 4.31. The first kappa shape index (κ1) is 17.5. The Labute approximate surface area is 159 Å². The molecule has 1 saturated heterocycles. The van der Waals surface area contributed by atoms with Gasteiger partial charge in [-0.05, 0) is 19.3 Å². The van der Waals surface area contributed by atoms with Gasteiger partial charge in [0.25, 0.3) is 0 Å². The highest BCUT2D eigenvalue weighted by Crippen LogP contribution is 2.30. The number of nitrogens with one attached hydrogen (secondary N) is 1. The summed E-state index contributed by atoms with van der Waals surface area (Å²) < 4.78 is 48.5. The monoisotopic (exact) mass is 475 g/mol. The predicted molar refractivity (Wildman–Crippen MR) is 96.5 cm³/mol. The van der Waals surface area contributed by atoms with E-state index in [1.165, 1.54) is 0 Å². The number of halogens is 4. The molecule has 1 atom stereocenters. The van der Waals surface area contributed by atoms with E-state index in [1.54, 1.807) is 6.33 Å². The third kappa shape index (κ3) is 3.22. The van der Waals surface area contributed by atoms with Gasteiger partial charge in [0.1, 0.15) is 12.0 Å². The van der Waals surface area contributed by atoms with E-state index in [9.17, 15) is 13.2 Å². The molecule has 10 heteroatoms. The molecule has 6 nitrogen and oxygen atoms in total. The van der Waals surface area contributed by atoms with Gasteiger partial charge in [0.15, 0.2) is 32.4 Å². The Morgan fingerprint density at radius 3 is 2.69 bits per heavy atom. The van der Waals surface area contributed by atoms with Crippen molar-refractivity contribution in [2.75, 3.05) is 11.9 Å². The molecule has 0 bridgehead atoms. The van der Waals surface area contributed by atoms with Gasteiger partial charge in [-0.15, -0.1) is 0 Å². The van der Waals surface area contributed by atoms with E-state index in [-0.39, 0.29) is 17.7 Å². The second-order valence-electron chi connectivity index (χ2n) is 5.86. The fraction of sp³-hybridized carbons (Fsp3) is 0.312. The number of imidazole rings is 1. The number of benzene rings is 1. The van der Waals surface area contributed by atoms with Crippen LogP contribution in [0.3, 0.4) is 0 Å². The maximum absolute atomic E-state index is 14.0. The van der Waals surface area contributed by atoms with Gasteiger partial charge in [-0.2, -0.15) is 0 Å². The summed E-state index contributed by atoms with van der Waals surface area (Å²) in [4.78, 5) is 12.9. The molecular formula is C16H13F3IN5O. The number of anilines is 2. The average molecular weight is 475 g/mol. The molecule has 0 aliphatic carbocycles. The number of ether oxygens (including phenoxy) is 1. The van der Waals surface area contributed by atoms with Gasteiger partial charge in [0.05, 0.1) is 12.0 Å². The van der Waals surface area contributed by atoms with Crippen molar-refractivity contribution in [1.82, 2.24) is 19.5 Å². The molecule has 0 radical (unpaired) electrons. The van der Waals surface area contributed by atoms with Crippen LogP contribution >= 0.6 is 22.6 Å². The highest BCUT2D eigenvalue weighted by atomic mass is 127. The number of hydrogen-bond acceptors (Lipinski definition) is 5. The second-order valence-corrected chi connectivity index (χ2v) is 6.82. The molecule has 26 heavy (non-hydrogen) atoms. The number of rotatable bonds is 3. The number of nitrogens with zero attached hydrogens (tertiary/aromatic N) is 4. The van der Waals surface area contributed by atoms with E-state index in [2.05, 4.69) is 20.3 Å². The highest BCUT2D eigenvalue weighted by Gasteiger charge is 2.21. The molecule has 0 spiro atoms. The van der Waals surface area contributed by atoms with Gasteiger partial charge < -0.3 is 10.1 Å². The van der Waals surface area contributed by atoms with Gasteiger partial charge in [-0.25, -0.2) is 28.1 Å². The molecule has 0 saturated carbocycles. The molecule has 1 aliphatic heterocycles. The van der Waals surface area contributed by atoms with Crippen molar-refractivity contribution in [3.05, 3.63) is 39.7 Å². The van der Waals surface area contributed by atoms with Gasteiger partial charge in [-0.1, -0.05) is 0 Å². The number of hydrogen-bond donors (Lipinski definition) is 1. The van der Waals surface area contributed by atoms with Crippen molar-refractivity contribution in [3.8, 4) is 0 Å².